The standard InChI is InChI=1S/C17H19BN2O2/c1-16(2)17(3,4)22-18(21-16)12-9-10-20-14-8-6-5-7-13(14)19-15(20)11-12/h5-11H,1-4H3. The third-order valence-corrected chi connectivity index (χ3v) is 4.86. The third-order valence-electron chi connectivity index (χ3n) is 4.86. The summed E-state index contributed by atoms with van der Waals surface area (Å²) in [7, 11) is -0.352. The Morgan fingerprint density at radius 3 is 2.41 bits per heavy atom. The maximum atomic E-state index is 6.11. The fourth-order valence-corrected chi connectivity index (χ4v) is 2.81. The van der Waals surface area contributed by atoms with Crippen LogP contribution in [0.1, 0.15) is 27.7 Å². The van der Waals surface area contributed by atoms with Crippen molar-refractivity contribution in [3.05, 3.63) is 42.6 Å². The lowest BCUT2D eigenvalue weighted by molar-refractivity contribution is 0.00578. The van der Waals surface area contributed by atoms with Crippen molar-refractivity contribution in [2.45, 2.75) is 38.9 Å². The molecule has 0 spiro atoms. The zero-order chi connectivity index (χ0) is 15.5. The lowest BCUT2D eigenvalue weighted by atomic mass is 9.80. The first-order valence-corrected chi connectivity index (χ1v) is 7.60. The predicted octanol–water partition coefficient (Wildman–Crippen LogP) is 2.79. The summed E-state index contributed by atoms with van der Waals surface area (Å²) >= 11 is 0. The van der Waals surface area contributed by atoms with Gasteiger partial charge in [-0.05, 0) is 57.4 Å². The van der Waals surface area contributed by atoms with Crippen LogP contribution in [0.25, 0.3) is 16.7 Å². The number of para-hydroxylation sites is 2. The summed E-state index contributed by atoms with van der Waals surface area (Å²) in [4.78, 5) is 4.67. The van der Waals surface area contributed by atoms with Crippen LogP contribution >= 0.6 is 0 Å². The quantitative estimate of drug-likeness (QED) is 0.647. The molecule has 2 aromatic heterocycles. The van der Waals surface area contributed by atoms with Crippen LogP contribution in [0.15, 0.2) is 42.6 Å². The molecule has 3 aromatic rings. The largest absolute Gasteiger partial charge is 0.495 e. The summed E-state index contributed by atoms with van der Waals surface area (Å²) in [6.45, 7) is 8.26. The summed E-state index contributed by atoms with van der Waals surface area (Å²) < 4.78 is 14.3. The maximum Gasteiger partial charge on any atom is 0.495 e. The molecule has 22 heavy (non-hydrogen) atoms. The lowest BCUT2D eigenvalue weighted by Gasteiger charge is -2.32. The number of nitrogens with zero attached hydrogens (tertiary/aromatic N) is 2. The summed E-state index contributed by atoms with van der Waals surface area (Å²) in [5, 5.41) is 0. The number of hydrogen-bond donors (Lipinski definition) is 0. The van der Waals surface area contributed by atoms with Gasteiger partial charge in [-0.3, -0.25) is 4.40 Å². The normalized spacial score (nSPS) is 20.1. The van der Waals surface area contributed by atoms with E-state index in [1.165, 1.54) is 0 Å². The minimum Gasteiger partial charge on any atom is -0.399 e. The van der Waals surface area contributed by atoms with E-state index in [1.54, 1.807) is 0 Å². The van der Waals surface area contributed by atoms with Crippen molar-refractivity contribution in [3.8, 4) is 0 Å². The molecule has 112 valence electrons. The molecule has 1 aliphatic rings. The van der Waals surface area contributed by atoms with Gasteiger partial charge in [0.05, 0.1) is 22.2 Å². The Morgan fingerprint density at radius 1 is 1.00 bits per heavy atom. The van der Waals surface area contributed by atoms with E-state index in [1.807, 2.05) is 36.5 Å². The van der Waals surface area contributed by atoms with E-state index in [0.29, 0.717) is 0 Å². The number of imidazole rings is 1. The summed E-state index contributed by atoms with van der Waals surface area (Å²) in [5.41, 5.74) is 3.36. The van der Waals surface area contributed by atoms with Gasteiger partial charge in [-0.1, -0.05) is 12.1 Å². The van der Waals surface area contributed by atoms with Crippen molar-refractivity contribution >= 4 is 29.3 Å². The summed E-state index contributed by atoms with van der Waals surface area (Å²) in [5.74, 6) is 0. The molecule has 1 fully saturated rings. The average Bonchev–Trinajstić information content (AvgIpc) is 2.93. The fourth-order valence-electron chi connectivity index (χ4n) is 2.81. The molecule has 1 saturated heterocycles. The fraction of sp³-hybridized carbons (Fsp3) is 0.353. The molecular formula is C17H19BN2O2. The summed E-state index contributed by atoms with van der Waals surface area (Å²) in [6, 6.07) is 12.2. The first-order chi connectivity index (χ1) is 10.4. The Bertz CT molecular complexity index is 853. The van der Waals surface area contributed by atoms with Gasteiger partial charge in [-0.15, -0.1) is 0 Å². The number of hydrogen-bond acceptors (Lipinski definition) is 3. The van der Waals surface area contributed by atoms with Crippen LogP contribution in [0.4, 0.5) is 0 Å². The highest BCUT2D eigenvalue weighted by molar-refractivity contribution is 6.62. The second-order valence-electron chi connectivity index (χ2n) is 6.88. The second kappa shape index (κ2) is 4.34. The van der Waals surface area contributed by atoms with Crippen LogP contribution in [-0.4, -0.2) is 27.7 Å². The highest BCUT2D eigenvalue weighted by Gasteiger charge is 2.51. The molecule has 4 nitrogen and oxygen atoms in total. The van der Waals surface area contributed by atoms with Crippen LogP contribution in [-0.2, 0) is 9.31 Å². The Labute approximate surface area is 130 Å². The first kappa shape index (κ1) is 13.8. The molecule has 0 unspecified atom stereocenters. The Kier molecular flexibility index (Phi) is 2.72. The van der Waals surface area contributed by atoms with Gasteiger partial charge < -0.3 is 9.31 Å². The smallest absolute Gasteiger partial charge is 0.399 e. The predicted molar refractivity (Wildman–Crippen MR) is 88.4 cm³/mol. The molecule has 4 rings (SSSR count). The van der Waals surface area contributed by atoms with E-state index in [0.717, 1.165) is 22.1 Å². The van der Waals surface area contributed by atoms with Crippen molar-refractivity contribution in [2.24, 2.45) is 0 Å². The molecule has 5 heteroatoms. The topological polar surface area (TPSA) is 35.8 Å². The molecule has 0 saturated carbocycles. The van der Waals surface area contributed by atoms with Gasteiger partial charge >= 0.3 is 7.12 Å². The molecule has 1 aromatic carbocycles. The van der Waals surface area contributed by atoms with Crippen molar-refractivity contribution in [1.29, 1.82) is 0 Å². The second-order valence-corrected chi connectivity index (χ2v) is 6.88. The van der Waals surface area contributed by atoms with Gasteiger partial charge in [0.15, 0.2) is 0 Å². The van der Waals surface area contributed by atoms with E-state index >= 15 is 0 Å². The highest BCUT2D eigenvalue weighted by Crippen LogP contribution is 2.36. The Morgan fingerprint density at radius 2 is 1.68 bits per heavy atom. The minimum atomic E-state index is -0.352. The van der Waals surface area contributed by atoms with Gasteiger partial charge in [0.2, 0.25) is 0 Å². The average molecular weight is 294 g/mol. The first-order valence-electron chi connectivity index (χ1n) is 7.60. The molecule has 0 bridgehead atoms. The zero-order valence-electron chi connectivity index (χ0n) is 13.3. The molecule has 0 N–H and O–H groups in total. The SMILES string of the molecule is CC1(C)OB(c2ccn3c(c2)nc2ccccc23)OC1(C)C. The van der Waals surface area contributed by atoms with Gasteiger partial charge in [0, 0.05) is 6.20 Å². The molecule has 0 amide bonds. The highest BCUT2D eigenvalue weighted by atomic mass is 16.7. The summed E-state index contributed by atoms with van der Waals surface area (Å²) in [6.07, 6.45) is 2.03. The van der Waals surface area contributed by atoms with E-state index in [-0.39, 0.29) is 18.3 Å². The van der Waals surface area contributed by atoms with Crippen LogP contribution in [0.2, 0.25) is 0 Å². The van der Waals surface area contributed by atoms with Crippen LogP contribution in [0, 0.1) is 0 Å². The third kappa shape index (κ3) is 1.89. The number of pyridine rings is 1. The van der Waals surface area contributed by atoms with E-state index < -0.39 is 0 Å². The number of rotatable bonds is 1. The van der Waals surface area contributed by atoms with Gasteiger partial charge in [0.1, 0.15) is 5.65 Å². The maximum absolute atomic E-state index is 6.11. The van der Waals surface area contributed by atoms with E-state index in [9.17, 15) is 0 Å². The lowest BCUT2D eigenvalue weighted by Crippen LogP contribution is -2.41. The molecule has 3 heterocycles. The molecule has 1 aliphatic heterocycles. The van der Waals surface area contributed by atoms with Crippen molar-refractivity contribution in [1.82, 2.24) is 9.38 Å². The Hall–Kier alpha value is -1.85. The van der Waals surface area contributed by atoms with Crippen molar-refractivity contribution in [2.75, 3.05) is 0 Å². The van der Waals surface area contributed by atoms with Gasteiger partial charge in [0.25, 0.3) is 0 Å². The number of benzene rings is 1. The molecule has 0 atom stereocenters. The van der Waals surface area contributed by atoms with E-state index in [2.05, 4.69) is 43.1 Å². The number of fused-ring (bicyclic) bond motifs is 3. The minimum absolute atomic E-state index is 0.329. The van der Waals surface area contributed by atoms with Crippen molar-refractivity contribution < 1.29 is 9.31 Å². The van der Waals surface area contributed by atoms with Crippen LogP contribution in [0.3, 0.4) is 0 Å². The zero-order valence-corrected chi connectivity index (χ0v) is 13.3. The molecule has 0 radical (unpaired) electrons. The monoisotopic (exact) mass is 294 g/mol. The van der Waals surface area contributed by atoms with Crippen LogP contribution in [0.5, 0.6) is 0 Å². The van der Waals surface area contributed by atoms with Crippen LogP contribution < -0.4 is 5.46 Å². The molecular weight excluding hydrogens is 275 g/mol. The van der Waals surface area contributed by atoms with Crippen molar-refractivity contribution in [3.63, 3.8) is 0 Å². The molecule has 0 aliphatic carbocycles. The Balaban J connectivity index is 1.79. The number of aromatic nitrogens is 2. The van der Waals surface area contributed by atoms with E-state index in [4.69, 9.17) is 9.31 Å². The van der Waals surface area contributed by atoms with Gasteiger partial charge in [-0.2, -0.15) is 0 Å². The van der Waals surface area contributed by atoms with Gasteiger partial charge in [-0.25, -0.2) is 4.98 Å².